The molecule has 1 aromatic rings. The summed E-state index contributed by atoms with van der Waals surface area (Å²) in [7, 11) is 1.42. The Morgan fingerprint density at radius 3 is 2.39 bits per heavy atom. The van der Waals surface area contributed by atoms with E-state index in [4.69, 9.17) is 5.11 Å². The van der Waals surface area contributed by atoms with Crippen molar-refractivity contribution >= 4 is 23.6 Å². The standard InChI is InChI=1S/C13H12N2O3/c1-8-12(17)15(2)13(18)11(14-8)7-9-3-5-10(16)6-4-9/h3-7,16H,1-2H3/b11-7-. The quantitative estimate of drug-likeness (QED) is 0.596. The number of imide groups is 1. The Labute approximate surface area is 104 Å². The molecule has 1 aliphatic heterocycles. The van der Waals surface area contributed by atoms with Crippen LogP contribution in [0.4, 0.5) is 0 Å². The zero-order valence-corrected chi connectivity index (χ0v) is 10.0. The second-order valence-electron chi connectivity index (χ2n) is 3.99. The molecule has 0 spiro atoms. The van der Waals surface area contributed by atoms with Crippen molar-refractivity contribution in [3.63, 3.8) is 0 Å². The third kappa shape index (κ3) is 2.15. The van der Waals surface area contributed by atoms with Gasteiger partial charge in [-0.15, -0.1) is 0 Å². The highest BCUT2D eigenvalue weighted by atomic mass is 16.3. The zero-order chi connectivity index (χ0) is 13.3. The molecule has 1 N–H and O–H groups in total. The number of phenols is 1. The molecule has 18 heavy (non-hydrogen) atoms. The molecule has 0 aliphatic carbocycles. The fourth-order valence-corrected chi connectivity index (χ4v) is 1.61. The average Bonchev–Trinajstić information content (AvgIpc) is 2.36. The number of aromatic hydroxyl groups is 1. The van der Waals surface area contributed by atoms with Crippen molar-refractivity contribution in [3.8, 4) is 5.75 Å². The van der Waals surface area contributed by atoms with Crippen molar-refractivity contribution in [2.24, 2.45) is 4.99 Å². The molecule has 0 bridgehead atoms. The summed E-state index contributed by atoms with van der Waals surface area (Å²) in [6, 6.07) is 6.37. The van der Waals surface area contributed by atoms with Crippen LogP contribution < -0.4 is 0 Å². The lowest BCUT2D eigenvalue weighted by Gasteiger charge is -2.20. The molecule has 2 rings (SSSR count). The Kier molecular flexibility index (Phi) is 2.97. The van der Waals surface area contributed by atoms with Gasteiger partial charge in [-0.25, -0.2) is 4.99 Å². The second-order valence-corrected chi connectivity index (χ2v) is 3.99. The molecular weight excluding hydrogens is 232 g/mol. The van der Waals surface area contributed by atoms with E-state index in [0.717, 1.165) is 10.5 Å². The average molecular weight is 244 g/mol. The number of aliphatic imine (C=N–C) groups is 1. The Hall–Kier alpha value is -2.43. The molecule has 0 saturated heterocycles. The zero-order valence-electron chi connectivity index (χ0n) is 10.0. The van der Waals surface area contributed by atoms with Crippen LogP contribution in [-0.4, -0.2) is 34.6 Å². The summed E-state index contributed by atoms with van der Waals surface area (Å²) in [6.07, 6.45) is 1.58. The SMILES string of the molecule is CC1=N/C(=C\c2ccc(O)cc2)C(=O)N(C)C1=O. The lowest BCUT2D eigenvalue weighted by atomic mass is 10.1. The van der Waals surface area contributed by atoms with Crippen molar-refractivity contribution in [1.29, 1.82) is 0 Å². The first-order chi connectivity index (χ1) is 8.49. The van der Waals surface area contributed by atoms with Crippen molar-refractivity contribution in [3.05, 3.63) is 35.5 Å². The van der Waals surface area contributed by atoms with Gasteiger partial charge in [-0.3, -0.25) is 14.5 Å². The molecule has 2 amide bonds. The molecule has 5 nitrogen and oxygen atoms in total. The van der Waals surface area contributed by atoms with Gasteiger partial charge >= 0.3 is 0 Å². The predicted molar refractivity (Wildman–Crippen MR) is 67.0 cm³/mol. The van der Waals surface area contributed by atoms with Crippen LogP contribution in [0.25, 0.3) is 6.08 Å². The van der Waals surface area contributed by atoms with Crippen molar-refractivity contribution < 1.29 is 14.7 Å². The molecule has 1 heterocycles. The van der Waals surface area contributed by atoms with E-state index in [1.54, 1.807) is 25.1 Å². The molecule has 0 fully saturated rings. The van der Waals surface area contributed by atoms with Gasteiger partial charge in [0.15, 0.2) is 0 Å². The maximum absolute atomic E-state index is 11.8. The predicted octanol–water partition coefficient (Wildman–Crippen LogP) is 1.19. The largest absolute Gasteiger partial charge is 0.508 e. The minimum absolute atomic E-state index is 0.152. The maximum atomic E-state index is 11.8. The summed E-state index contributed by atoms with van der Waals surface area (Å²) in [5.41, 5.74) is 1.22. The Balaban J connectivity index is 2.41. The Bertz CT molecular complexity index is 570. The molecule has 0 aromatic heterocycles. The highest BCUT2D eigenvalue weighted by Crippen LogP contribution is 2.17. The number of benzene rings is 1. The van der Waals surface area contributed by atoms with Crippen molar-refractivity contribution in [1.82, 2.24) is 4.90 Å². The van der Waals surface area contributed by atoms with Gasteiger partial charge in [-0.05, 0) is 30.7 Å². The van der Waals surface area contributed by atoms with Crippen LogP contribution in [0.1, 0.15) is 12.5 Å². The number of nitrogens with zero attached hydrogens (tertiary/aromatic N) is 2. The minimum Gasteiger partial charge on any atom is -0.508 e. The molecule has 92 valence electrons. The Morgan fingerprint density at radius 1 is 1.17 bits per heavy atom. The topological polar surface area (TPSA) is 70.0 Å². The van der Waals surface area contributed by atoms with E-state index < -0.39 is 5.91 Å². The van der Waals surface area contributed by atoms with E-state index in [1.807, 2.05) is 0 Å². The molecule has 0 unspecified atom stereocenters. The van der Waals surface area contributed by atoms with Gasteiger partial charge in [0.25, 0.3) is 11.8 Å². The van der Waals surface area contributed by atoms with Crippen LogP contribution in [-0.2, 0) is 9.59 Å². The number of carbonyl (C=O) groups excluding carboxylic acids is 2. The summed E-state index contributed by atoms with van der Waals surface area (Å²) < 4.78 is 0. The fourth-order valence-electron chi connectivity index (χ4n) is 1.61. The molecule has 0 saturated carbocycles. The molecule has 0 atom stereocenters. The normalized spacial score (nSPS) is 18.2. The lowest BCUT2D eigenvalue weighted by Crippen LogP contribution is -2.41. The van der Waals surface area contributed by atoms with E-state index in [9.17, 15) is 9.59 Å². The summed E-state index contributed by atoms with van der Waals surface area (Å²) in [6.45, 7) is 1.57. The van der Waals surface area contributed by atoms with Gasteiger partial charge in [0.1, 0.15) is 17.2 Å². The van der Waals surface area contributed by atoms with Crippen LogP contribution in [0, 0.1) is 0 Å². The number of phenolic OH excluding ortho intramolecular Hbond substituents is 1. The van der Waals surface area contributed by atoms with Crippen LogP contribution in [0.3, 0.4) is 0 Å². The highest BCUT2D eigenvalue weighted by Gasteiger charge is 2.27. The number of carbonyl (C=O) groups is 2. The van der Waals surface area contributed by atoms with E-state index in [0.29, 0.717) is 0 Å². The van der Waals surface area contributed by atoms with Crippen molar-refractivity contribution in [2.75, 3.05) is 7.05 Å². The first kappa shape index (κ1) is 12.0. The first-order valence-corrected chi connectivity index (χ1v) is 5.37. The highest BCUT2D eigenvalue weighted by molar-refractivity contribution is 6.43. The molecule has 1 aliphatic rings. The van der Waals surface area contributed by atoms with E-state index in [2.05, 4.69) is 4.99 Å². The van der Waals surface area contributed by atoms with Gasteiger partial charge < -0.3 is 5.11 Å². The molecule has 0 radical (unpaired) electrons. The summed E-state index contributed by atoms with van der Waals surface area (Å²) in [5, 5.41) is 9.17. The number of likely N-dealkylation sites (N-methyl/N-ethyl adjacent to an activating group) is 1. The molecule has 1 aromatic carbocycles. The lowest BCUT2D eigenvalue weighted by molar-refractivity contribution is -0.137. The second kappa shape index (κ2) is 4.44. The van der Waals surface area contributed by atoms with Crippen LogP contribution >= 0.6 is 0 Å². The Morgan fingerprint density at radius 2 is 1.78 bits per heavy atom. The maximum Gasteiger partial charge on any atom is 0.279 e. The third-order valence-corrected chi connectivity index (χ3v) is 2.62. The van der Waals surface area contributed by atoms with Gasteiger partial charge in [-0.1, -0.05) is 12.1 Å². The van der Waals surface area contributed by atoms with Crippen LogP contribution in [0.15, 0.2) is 35.0 Å². The number of amides is 2. The van der Waals surface area contributed by atoms with E-state index >= 15 is 0 Å². The number of rotatable bonds is 1. The van der Waals surface area contributed by atoms with Gasteiger partial charge in [0, 0.05) is 7.05 Å². The van der Waals surface area contributed by atoms with Gasteiger partial charge in [-0.2, -0.15) is 0 Å². The third-order valence-electron chi connectivity index (χ3n) is 2.62. The van der Waals surface area contributed by atoms with Crippen LogP contribution in [0.2, 0.25) is 0 Å². The minimum atomic E-state index is -0.432. The number of hydrogen-bond donors (Lipinski definition) is 1. The summed E-state index contributed by atoms with van der Waals surface area (Å²) in [5.74, 6) is -0.666. The first-order valence-electron chi connectivity index (χ1n) is 5.37. The van der Waals surface area contributed by atoms with Crippen molar-refractivity contribution in [2.45, 2.75) is 6.92 Å². The summed E-state index contributed by atoms with van der Waals surface area (Å²) >= 11 is 0. The monoisotopic (exact) mass is 244 g/mol. The van der Waals surface area contributed by atoms with Gasteiger partial charge in [0.05, 0.1) is 0 Å². The van der Waals surface area contributed by atoms with Crippen LogP contribution in [0.5, 0.6) is 5.75 Å². The summed E-state index contributed by atoms with van der Waals surface area (Å²) in [4.78, 5) is 28.3. The number of hydrogen-bond acceptors (Lipinski definition) is 4. The smallest absolute Gasteiger partial charge is 0.279 e. The molecular formula is C13H12N2O3. The van der Waals surface area contributed by atoms with Gasteiger partial charge in [0.2, 0.25) is 0 Å². The fraction of sp³-hybridized carbons (Fsp3) is 0.154. The van der Waals surface area contributed by atoms with E-state index in [1.165, 1.54) is 19.2 Å². The van der Waals surface area contributed by atoms with E-state index in [-0.39, 0.29) is 23.1 Å². The molecule has 5 heteroatoms.